The van der Waals surface area contributed by atoms with Gasteiger partial charge in [-0.25, -0.2) is 4.79 Å². The lowest BCUT2D eigenvalue weighted by molar-refractivity contribution is -0.0299. The van der Waals surface area contributed by atoms with Crippen molar-refractivity contribution in [2.45, 2.75) is 51.5 Å². The van der Waals surface area contributed by atoms with E-state index in [0.29, 0.717) is 11.6 Å². The van der Waals surface area contributed by atoms with Crippen molar-refractivity contribution in [1.29, 1.82) is 0 Å². The number of hydrogen-bond donors (Lipinski definition) is 1. The molecule has 0 atom stereocenters. The van der Waals surface area contributed by atoms with E-state index in [0.717, 1.165) is 35.8 Å². The van der Waals surface area contributed by atoms with Crippen molar-refractivity contribution in [3.8, 4) is 0 Å². The van der Waals surface area contributed by atoms with E-state index in [2.05, 4.69) is 17.7 Å². The molecule has 4 aliphatic rings. The number of carboxylic acid groups (broad SMARTS) is 1. The van der Waals surface area contributed by atoms with E-state index in [1.165, 1.54) is 32.1 Å². The van der Waals surface area contributed by atoms with Gasteiger partial charge in [0, 0.05) is 17.9 Å². The maximum atomic E-state index is 11.4. The fourth-order valence-corrected chi connectivity index (χ4v) is 5.68. The third kappa shape index (κ3) is 1.68. The topological polar surface area (TPSA) is 42.2 Å². The Morgan fingerprint density at radius 1 is 1.20 bits per heavy atom. The fourth-order valence-electron chi connectivity index (χ4n) is 5.68. The molecule has 20 heavy (non-hydrogen) atoms. The average molecular weight is 273 g/mol. The van der Waals surface area contributed by atoms with Gasteiger partial charge in [0.05, 0.1) is 5.56 Å². The summed E-state index contributed by atoms with van der Waals surface area (Å²) in [6.45, 7) is 2.08. The molecule has 0 aliphatic heterocycles. The number of carboxylic acids is 1. The first kappa shape index (κ1) is 12.5. The minimum Gasteiger partial charge on any atom is -0.478 e. The van der Waals surface area contributed by atoms with E-state index in [9.17, 15) is 9.90 Å². The van der Waals surface area contributed by atoms with Crippen LogP contribution in [0.2, 0.25) is 0 Å². The normalized spacial score (nSPS) is 38.4. The molecule has 4 aliphatic carbocycles. The summed E-state index contributed by atoms with van der Waals surface area (Å²) >= 11 is 0. The van der Waals surface area contributed by atoms with Gasteiger partial charge in [-0.05, 0) is 68.3 Å². The highest BCUT2D eigenvalue weighted by Gasteiger charge is 2.49. The zero-order chi connectivity index (χ0) is 13.9. The Morgan fingerprint density at radius 2 is 1.80 bits per heavy atom. The van der Waals surface area contributed by atoms with Gasteiger partial charge in [0.25, 0.3) is 0 Å². The van der Waals surface area contributed by atoms with Crippen molar-refractivity contribution in [1.82, 2.24) is 4.57 Å². The molecule has 1 aromatic heterocycles. The smallest absolute Gasteiger partial charge is 0.337 e. The van der Waals surface area contributed by atoms with Crippen LogP contribution in [0.1, 0.15) is 61.1 Å². The Balaban J connectivity index is 1.73. The molecular formula is C17H23NO2. The van der Waals surface area contributed by atoms with Gasteiger partial charge in [-0.2, -0.15) is 0 Å². The molecule has 0 saturated heterocycles. The zero-order valence-electron chi connectivity index (χ0n) is 12.1. The van der Waals surface area contributed by atoms with Crippen molar-refractivity contribution < 1.29 is 9.90 Å². The fraction of sp³-hybridized carbons (Fsp3) is 0.706. The van der Waals surface area contributed by atoms with Crippen LogP contribution >= 0.6 is 0 Å². The first-order chi connectivity index (χ1) is 9.67. The van der Waals surface area contributed by atoms with Crippen molar-refractivity contribution in [3.63, 3.8) is 0 Å². The molecule has 0 spiro atoms. The molecule has 108 valence electrons. The van der Waals surface area contributed by atoms with E-state index in [1.807, 2.05) is 6.07 Å². The molecule has 0 aromatic carbocycles. The van der Waals surface area contributed by atoms with Crippen LogP contribution in [-0.2, 0) is 6.42 Å². The minimum absolute atomic E-state index is 0.515. The molecule has 1 aromatic rings. The lowest BCUT2D eigenvalue weighted by atomic mass is 9.54. The third-order valence-electron chi connectivity index (χ3n) is 6.09. The molecule has 0 radical (unpaired) electrons. The van der Waals surface area contributed by atoms with E-state index in [-0.39, 0.29) is 0 Å². The SMILES string of the molecule is CCc1c(C(=O)O)ccn1C1C2CC3CC(C2)CC1C3. The van der Waals surface area contributed by atoms with Crippen LogP contribution in [0.25, 0.3) is 0 Å². The van der Waals surface area contributed by atoms with Crippen LogP contribution in [0.3, 0.4) is 0 Å². The van der Waals surface area contributed by atoms with Crippen molar-refractivity contribution in [2.24, 2.45) is 23.7 Å². The van der Waals surface area contributed by atoms with Gasteiger partial charge >= 0.3 is 5.97 Å². The van der Waals surface area contributed by atoms with Gasteiger partial charge in [-0.3, -0.25) is 0 Å². The molecule has 4 bridgehead atoms. The Labute approximate surface area is 120 Å². The largest absolute Gasteiger partial charge is 0.478 e. The van der Waals surface area contributed by atoms with Crippen molar-refractivity contribution in [2.75, 3.05) is 0 Å². The second kappa shape index (κ2) is 4.37. The monoisotopic (exact) mass is 273 g/mol. The van der Waals surface area contributed by atoms with Crippen LogP contribution < -0.4 is 0 Å². The van der Waals surface area contributed by atoms with Crippen LogP contribution in [0, 0.1) is 23.7 Å². The Bertz CT molecular complexity index is 517. The highest BCUT2D eigenvalue weighted by atomic mass is 16.4. The Morgan fingerprint density at radius 3 is 2.30 bits per heavy atom. The summed E-state index contributed by atoms with van der Waals surface area (Å²) in [7, 11) is 0. The lowest BCUT2D eigenvalue weighted by Gasteiger charge is -2.55. The van der Waals surface area contributed by atoms with Gasteiger partial charge in [-0.15, -0.1) is 0 Å². The van der Waals surface area contributed by atoms with Gasteiger partial charge in [0.15, 0.2) is 0 Å². The summed E-state index contributed by atoms with van der Waals surface area (Å²) in [6, 6.07) is 2.39. The molecule has 3 heteroatoms. The molecule has 3 nitrogen and oxygen atoms in total. The second-order valence-electron chi connectivity index (χ2n) is 7.16. The molecule has 4 fully saturated rings. The number of rotatable bonds is 3. The first-order valence-electron chi connectivity index (χ1n) is 8.10. The van der Waals surface area contributed by atoms with Gasteiger partial charge < -0.3 is 9.67 Å². The maximum Gasteiger partial charge on any atom is 0.337 e. The molecule has 0 amide bonds. The molecule has 5 rings (SSSR count). The average Bonchev–Trinajstić information content (AvgIpc) is 2.81. The molecular weight excluding hydrogens is 250 g/mol. The van der Waals surface area contributed by atoms with E-state index < -0.39 is 5.97 Å². The standard InChI is InChI=1S/C17H23NO2/c1-2-15-14(17(19)20)3-4-18(15)16-12-6-10-5-11(8-12)9-13(16)7-10/h3-4,10-13,16H,2,5-9H2,1H3,(H,19,20). The molecule has 4 saturated carbocycles. The number of aromatic carboxylic acids is 1. The predicted molar refractivity (Wildman–Crippen MR) is 76.9 cm³/mol. The van der Waals surface area contributed by atoms with Crippen molar-refractivity contribution in [3.05, 3.63) is 23.5 Å². The first-order valence-corrected chi connectivity index (χ1v) is 8.10. The zero-order valence-corrected chi connectivity index (χ0v) is 12.1. The van der Waals surface area contributed by atoms with Gasteiger partial charge in [0.2, 0.25) is 0 Å². The Hall–Kier alpha value is -1.25. The predicted octanol–water partition coefficient (Wildman–Crippen LogP) is 3.75. The lowest BCUT2D eigenvalue weighted by Crippen LogP contribution is -2.46. The van der Waals surface area contributed by atoms with Gasteiger partial charge in [0.1, 0.15) is 0 Å². The number of aromatic nitrogens is 1. The second-order valence-corrected chi connectivity index (χ2v) is 7.16. The van der Waals surface area contributed by atoms with Crippen LogP contribution in [0.4, 0.5) is 0 Å². The summed E-state index contributed by atoms with van der Waals surface area (Å²) in [5, 5.41) is 9.35. The van der Waals surface area contributed by atoms with Crippen LogP contribution in [-0.4, -0.2) is 15.6 Å². The summed E-state index contributed by atoms with van der Waals surface area (Å²) in [6.07, 6.45) is 9.84. The van der Waals surface area contributed by atoms with E-state index in [1.54, 1.807) is 0 Å². The number of hydrogen-bond acceptors (Lipinski definition) is 1. The van der Waals surface area contributed by atoms with Crippen LogP contribution in [0.15, 0.2) is 12.3 Å². The summed E-state index contributed by atoms with van der Waals surface area (Å²) in [4.78, 5) is 11.4. The summed E-state index contributed by atoms with van der Waals surface area (Å²) in [5.74, 6) is 2.75. The molecule has 1 N–H and O–H groups in total. The Kier molecular flexibility index (Phi) is 2.73. The number of carbonyl (C=O) groups is 1. The summed E-state index contributed by atoms with van der Waals surface area (Å²) in [5.41, 5.74) is 1.55. The minimum atomic E-state index is -0.774. The van der Waals surface area contributed by atoms with E-state index in [4.69, 9.17) is 0 Å². The quantitative estimate of drug-likeness (QED) is 0.911. The molecule has 0 unspecified atom stereocenters. The van der Waals surface area contributed by atoms with Gasteiger partial charge in [-0.1, -0.05) is 6.92 Å². The highest BCUT2D eigenvalue weighted by molar-refractivity contribution is 5.89. The van der Waals surface area contributed by atoms with Crippen molar-refractivity contribution >= 4 is 5.97 Å². The summed E-state index contributed by atoms with van der Waals surface area (Å²) < 4.78 is 2.34. The highest BCUT2D eigenvalue weighted by Crippen LogP contribution is 2.58. The maximum absolute atomic E-state index is 11.4. The van der Waals surface area contributed by atoms with Crippen LogP contribution in [0.5, 0.6) is 0 Å². The third-order valence-corrected chi connectivity index (χ3v) is 6.09. The molecule has 1 heterocycles. The van der Waals surface area contributed by atoms with E-state index >= 15 is 0 Å². The number of nitrogens with zero attached hydrogens (tertiary/aromatic N) is 1.